The molecule has 112 valence electrons. The van der Waals surface area contributed by atoms with E-state index >= 15 is 0 Å². The summed E-state index contributed by atoms with van der Waals surface area (Å²) in [7, 11) is 0. The highest BCUT2D eigenvalue weighted by Crippen LogP contribution is 2.16. The molecule has 1 atom stereocenters. The van der Waals surface area contributed by atoms with Gasteiger partial charge in [0.25, 0.3) is 0 Å². The summed E-state index contributed by atoms with van der Waals surface area (Å²) in [6, 6.07) is 5.17. The van der Waals surface area contributed by atoms with E-state index in [1.54, 1.807) is 13.0 Å². The molecule has 0 aliphatic carbocycles. The van der Waals surface area contributed by atoms with Crippen LogP contribution >= 0.6 is 0 Å². The number of halogens is 1. The Bertz CT molecular complexity index is 466. The molecule has 20 heavy (non-hydrogen) atoms. The van der Waals surface area contributed by atoms with E-state index in [0.717, 1.165) is 5.56 Å². The zero-order chi connectivity index (χ0) is 15.3. The molecule has 1 unspecified atom stereocenters. The van der Waals surface area contributed by atoms with Gasteiger partial charge in [-0.05, 0) is 51.8 Å². The van der Waals surface area contributed by atoms with Crippen molar-refractivity contribution in [1.29, 1.82) is 0 Å². The van der Waals surface area contributed by atoms with E-state index in [4.69, 9.17) is 4.74 Å². The first-order chi connectivity index (χ1) is 9.19. The summed E-state index contributed by atoms with van der Waals surface area (Å²) in [5.41, 5.74) is 1.05. The van der Waals surface area contributed by atoms with E-state index in [2.05, 4.69) is 5.32 Å². The minimum absolute atomic E-state index is 0.00691. The topological polar surface area (TPSA) is 38.3 Å². The van der Waals surface area contributed by atoms with Crippen LogP contribution in [-0.4, -0.2) is 18.1 Å². The Hall–Kier alpha value is -1.42. The third kappa shape index (κ3) is 5.70. The van der Waals surface area contributed by atoms with Crippen molar-refractivity contribution in [1.82, 2.24) is 5.32 Å². The molecule has 0 aliphatic rings. The summed E-state index contributed by atoms with van der Waals surface area (Å²) in [6.07, 6.45) is 0.302. The van der Waals surface area contributed by atoms with Crippen LogP contribution in [0.5, 0.6) is 0 Å². The number of carbonyl (C=O) groups is 1. The van der Waals surface area contributed by atoms with Crippen LogP contribution in [0.25, 0.3) is 0 Å². The Kier molecular flexibility index (Phi) is 5.69. The number of benzene rings is 1. The molecular weight excluding hydrogens is 257 g/mol. The van der Waals surface area contributed by atoms with Crippen molar-refractivity contribution >= 4 is 5.97 Å². The number of esters is 1. The van der Waals surface area contributed by atoms with Crippen LogP contribution in [0.1, 0.15) is 51.3 Å². The van der Waals surface area contributed by atoms with Crippen LogP contribution in [0.15, 0.2) is 18.2 Å². The second kappa shape index (κ2) is 6.84. The Morgan fingerprint density at radius 2 is 2.05 bits per heavy atom. The van der Waals surface area contributed by atoms with Gasteiger partial charge < -0.3 is 10.1 Å². The van der Waals surface area contributed by atoms with Gasteiger partial charge in [-0.25, -0.2) is 4.39 Å². The zero-order valence-corrected chi connectivity index (χ0v) is 12.9. The number of carbonyl (C=O) groups excluding carboxylic acids is 1. The van der Waals surface area contributed by atoms with E-state index in [1.165, 1.54) is 6.07 Å². The minimum Gasteiger partial charge on any atom is -0.460 e. The van der Waals surface area contributed by atoms with E-state index < -0.39 is 5.60 Å². The number of nitrogens with one attached hydrogen (secondary N) is 1. The fourth-order valence-corrected chi connectivity index (χ4v) is 1.78. The summed E-state index contributed by atoms with van der Waals surface area (Å²) in [6.45, 7) is 9.71. The summed E-state index contributed by atoms with van der Waals surface area (Å²) < 4.78 is 18.7. The predicted molar refractivity (Wildman–Crippen MR) is 78.0 cm³/mol. The normalized spacial score (nSPS) is 13.1. The average Bonchev–Trinajstić information content (AvgIpc) is 2.30. The third-order valence-electron chi connectivity index (χ3n) is 2.90. The van der Waals surface area contributed by atoms with Crippen molar-refractivity contribution in [3.8, 4) is 0 Å². The molecule has 3 nitrogen and oxygen atoms in total. The van der Waals surface area contributed by atoms with Gasteiger partial charge >= 0.3 is 5.97 Å². The fourth-order valence-electron chi connectivity index (χ4n) is 1.78. The van der Waals surface area contributed by atoms with Gasteiger partial charge in [0.1, 0.15) is 11.4 Å². The highest BCUT2D eigenvalue weighted by atomic mass is 19.1. The van der Waals surface area contributed by atoms with Gasteiger partial charge in [0, 0.05) is 12.6 Å². The average molecular weight is 281 g/mol. The maximum absolute atomic E-state index is 13.5. The molecule has 0 saturated heterocycles. The molecule has 0 bridgehead atoms. The van der Waals surface area contributed by atoms with Crippen LogP contribution < -0.4 is 5.32 Å². The maximum Gasteiger partial charge on any atom is 0.307 e. The molecule has 0 heterocycles. The Balaban J connectivity index is 2.42. The Morgan fingerprint density at radius 3 is 2.60 bits per heavy atom. The number of aryl methyl sites for hydroxylation is 1. The lowest BCUT2D eigenvalue weighted by Gasteiger charge is -2.20. The minimum atomic E-state index is -0.456. The number of hydrogen-bond donors (Lipinski definition) is 1. The highest BCUT2D eigenvalue weighted by molar-refractivity contribution is 5.70. The van der Waals surface area contributed by atoms with Gasteiger partial charge in [-0.1, -0.05) is 12.1 Å². The standard InChI is InChI=1S/C16H24FNO2/c1-11-6-7-13(10-14(11)17)12(2)18-9-8-15(19)20-16(3,4)5/h6-7,10,12,18H,8-9H2,1-5H3. The highest BCUT2D eigenvalue weighted by Gasteiger charge is 2.16. The van der Waals surface area contributed by atoms with E-state index in [1.807, 2.05) is 33.8 Å². The molecule has 0 fully saturated rings. The zero-order valence-electron chi connectivity index (χ0n) is 12.9. The van der Waals surface area contributed by atoms with Crippen molar-refractivity contribution in [2.45, 2.75) is 52.7 Å². The van der Waals surface area contributed by atoms with E-state index in [9.17, 15) is 9.18 Å². The lowest BCUT2D eigenvalue weighted by molar-refractivity contribution is -0.154. The molecule has 0 saturated carbocycles. The molecule has 1 aromatic carbocycles. The number of hydrogen-bond acceptors (Lipinski definition) is 3. The molecule has 1 aromatic rings. The van der Waals surface area contributed by atoms with Crippen LogP contribution in [-0.2, 0) is 9.53 Å². The predicted octanol–water partition coefficient (Wildman–Crippen LogP) is 3.52. The van der Waals surface area contributed by atoms with Gasteiger partial charge in [0.05, 0.1) is 6.42 Å². The SMILES string of the molecule is Cc1ccc(C(C)NCCC(=O)OC(C)(C)C)cc1F. The second-order valence-corrected chi connectivity index (χ2v) is 6.02. The third-order valence-corrected chi connectivity index (χ3v) is 2.90. The van der Waals surface area contributed by atoms with Gasteiger partial charge in [0.2, 0.25) is 0 Å². The molecule has 1 N–H and O–H groups in total. The molecule has 0 aromatic heterocycles. The summed E-state index contributed by atoms with van der Waals surface area (Å²) in [5.74, 6) is -0.435. The van der Waals surface area contributed by atoms with E-state index in [-0.39, 0.29) is 17.8 Å². The first-order valence-electron chi connectivity index (χ1n) is 6.90. The largest absolute Gasteiger partial charge is 0.460 e. The molecule has 4 heteroatoms. The smallest absolute Gasteiger partial charge is 0.307 e. The molecule has 1 rings (SSSR count). The first-order valence-corrected chi connectivity index (χ1v) is 6.90. The monoisotopic (exact) mass is 281 g/mol. The molecule has 0 radical (unpaired) electrons. The summed E-state index contributed by atoms with van der Waals surface area (Å²) in [4.78, 5) is 11.6. The van der Waals surface area contributed by atoms with Crippen LogP contribution in [0.4, 0.5) is 4.39 Å². The Morgan fingerprint density at radius 1 is 1.40 bits per heavy atom. The maximum atomic E-state index is 13.5. The second-order valence-electron chi connectivity index (χ2n) is 6.02. The quantitative estimate of drug-likeness (QED) is 0.839. The van der Waals surface area contributed by atoms with Crippen molar-refractivity contribution < 1.29 is 13.9 Å². The van der Waals surface area contributed by atoms with Crippen molar-refractivity contribution in [3.63, 3.8) is 0 Å². The first kappa shape index (κ1) is 16.6. The fraction of sp³-hybridized carbons (Fsp3) is 0.562. The van der Waals surface area contributed by atoms with E-state index in [0.29, 0.717) is 18.5 Å². The van der Waals surface area contributed by atoms with Crippen LogP contribution in [0.3, 0.4) is 0 Å². The molecular formula is C16H24FNO2. The van der Waals surface area contributed by atoms with Crippen molar-refractivity contribution in [3.05, 3.63) is 35.1 Å². The van der Waals surface area contributed by atoms with Gasteiger partial charge in [-0.15, -0.1) is 0 Å². The molecule has 0 aliphatic heterocycles. The lowest BCUT2D eigenvalue weighted by Crippen LogP contribution is -2.27. The lowest BCUT2D eigenvalue weighted by atomic mass is 10.1. The van der Waals surface area contributed by atoms with Crippen LogP contribution in [0, 0.1) is 12.7 Å². The van der Waals surface area contributed by atoms with Gasteiger partial charge in [-0.2, -0.15) is 0 Å². The number of rotatable bonds is 5. The summed E-state index contributed by atoms with van der Waals surface area (Å²) >= 11 is 0. The van der Waals surface area contributed by atoms with Gasteiger partial charge in [0.15, 0.2) is 0 Å². The Labute approximate surface area is 120 Å². The number of ether oxygens (including phenoxy) is 1. The van der Waals surface area contributed by atoms with Crippen molar-refractivity contribution in [2.75, 3.05) is 6.54 Å². The molecule has 0 amide bonds. The summed E-state index contributed by atoms with van der Waals surface area (Å²) in [5, 5.41) is 3.19. The molecule has 0 spiro atoms. The van der Waals surface area contributed by atoms with Crippen molar-refractivity contribution in [2.24, 2.45) is 0 Å². The van der Waals surface area contributed by atoms with Gasteiger partial charge in [-0.3, -0.25) is 4.79 Å². The van der Waals surface area contributed by atoms with Crippen LogP contribution in [0.2, 0.25) is 0 Å².